The molecule has 0 spiro atoms. The van der Waals surface area contributed by atoms with Crippen LogP contribution in [0.4, 0.5) is 0 Å². The van der Waals surface area contributed by atoms with E-state index in [4.69, 9.17) is 0 Å². The molecular formula is C64H128O8Sn3+4. The van der Waals surface area contributed by atoms with Crippen LogP contribution in [0.1, 0.15) is 364 Å². The smallest absolute Gasteiger partial charge is 4.00 e. The quantitative estimate of drug-likeness (QED) is 0.0430. The Morgan fingerprint density at radius 2 is 0.333 bits per heavy atom. The summed E-state index contributed by atoms with van der Waals surface area (Å²) < 4.78 is 6.50. The molecule has 11 heteroatoms. The van der Waals surface area contributed by atoms with E-state index in [1.54, 1.807) is 17.7 Å². The molecule has 8 nitrogen and oxygen atoms in total. The third-order valence-corrected chi connectivity index (χ3v) is 20.8. The van der Waals surface area contributed by atoms with Gasteiger partial charge in [0.15, 0.2) is 0 Å². The van der Waals surface area contributed by atoms with Crippen molar-refractivity contribution in [2.24, 2.45) is 0 Å². The van der Waals surface area contributed by atoms with Crippen LogP contribution < -0.4 is 20.4 Å². The number of unbranched alkanes of at least 4 members (excludes halogenated alkanes) is 36. The van der Waals surface area contributed by atoms with E-state index in [2.05, 4.69) is 55.4 Å². The molecule has 0 amide bonds. The molecule has 0 heterocycles. The van der Waals surface area contributed by atoms with Crippen LogP contribution >= 0.6 is 0 Å². The molecule has 0 saturated carbocycles. The van der Waals surface area contributed by atoms with Gasteiger partial charge in [-0.05, 0) is 51.4 Å². The normalized spacial score (nSPS) is 9.92. The van der Waals surface area contributed by atoms with Crippen molar-refractivity contribution < 1.29 is 39.6 Å². The van der Waals surface area contributed by atoms with Crippen LogP contribution in [0.5, 0.6) is 0 Å². The van der Waals surface area contributed by atoms with Crippen LogP contribution in [0.15, 0.2) is 0 Å². The van der Waals surface area contributed by atoms with E-state index in [0.29, 0.717) is 0 Å². The van der Waals surface area contributed by atoms with Crippen LogP contribution in [0.25, 0.3) is 0 Å². The van der Waals surface area contributed by atoms with Gasteiger partial charge in [0.2, 0.25) is 0 Å². The monoisotopic (exact) mass is 1380 g/mol. The van der Waals surface area contributed by atoms with Gasteiger partial charge in [-0.25, -0.2) is 0 Å². The molecule has 0 radical (unpaired) electrons. The summed E-state index contributed by atoms with van der Waals surface area (Å²) in [4.78, 5) is 40.4. The number of rotatable bonds is 52. The van der Waals surface area contributed by atoms with E-state index >= 15 is 0 Å². The van der Waals surface area contributed by atoms with Crippen LogP contribution in [-0.2, 0) is 19.2 Å². The van der Waals surface area contributed by atoms with Crippen molar-refractivity contribution in [1.29, 1.82) is 0 Å². The first-order valence-corrected chi connectivity index (χ1v) is 40.2. The van der Waals surface area contributed by atoms with Crippen molar-refractivity contribution >= 4 is 90.1 Å². The average molecular weight is 1380 g/mol. The second-order valence-electron chi connectivity index (χ2n) is 20.7. The average Bonchev–Trinajstić information content (AvgIpc) is 3.37. The van der Waals surface area contributed by atoms with Gasteiger partial charge in [-0.15, -0.1) is 0 Å². The topological polar surface area (TPSA) is 161 Å². The van der Waals surface area contributed by atoms with E-state index < -0.39 is 23.9 Å². The van der Waals surface area contributed by atoms with E-state index in [1.807, 2.05) is 0 Å². The standard InChI is InChI=1S/4C12H24O2.4C4H9.3Sn/c4*1-2-3-4-5-6-7-8-9-10-11-12(13)14;4*1-3-4-2;;;/h4*2-11H2,1H3,(H,13,14);4*1,3-4H2,2H3;;;/q;;;;;;;;2*+2;+4/p-4. The number of carbonyl (C=O) groups excluding carboxylic acids is 4. The van der Waals surface area contributed by atoms with Gasteiger partial charge in [-0.1, -0.05) is 233 Å². The summed E-state index contributed by atoms with van der Waals surface area (Å²) in [5.74, 6) is -3.64. The maximum atomic E-state index is 10.1. The first kappa shape index (κ1) is 89.1. The summed E-state index contributed by atoms with van der Waals surface area (Å²) in [6, 6.07) is 0. The molecule has 0 unspecified atom stereocenters. The fourth-order valence-corrected chi connectivity index (χ4v) is 16.1. The number of hydrogen-bond donors (Lipinski definition) is 0. The second kappa shape index (κ2) is 90.8. The molecule has 0 aromatic carbocycles. The second-order valence-corrected chi connectivity index (χ2v) is 29.3. The first-order valence-electron chi connectivity index (χ1n) is 32.1. The third-order valence-electron chi connectivity index (χ3n) is 12.8. The minimum atomic E-state index is -0.909. The molecule has 0 aromatic rings. The van der Waals surface area contributed by atoms with Gasteiger partial charge in [0.05, 0.1) is 0 Å². The van der Waals surface area contributed by atoms with E-state index in [1.165, 1.54) is 231 Å². The minimum absolute atomic E-state index is 0. The zero-order chi connectivity index (χ0) is 56.5. The molecule has 0 aromatic heterocycles. The molecule has 0 aliphatic carbocycles. The molecule has 0 bridgehead atoms. The molecule has 0 aliphatic heterocycles. The Hall–Kier alpha value is 0.276. The number of hydrogen-bond acceptors (Lipinski definition) is 8. The zero-order valence-electron chi connectivity index (χ0n) is 51.5. The van der Waals surface area contributed by atoms with Crippen LogP contribution in [0, 0.1) is 0 Å². The Kier molecular flexibility index (Phi) is 108. The molecular weight excluding hydrogens is 1250 g/mol. The number of carboxylic acids is 4. The van der Waals surface area contributed by atoms with Crippen molar-refractivity contribution in [1.82, 2.24) is 0 Å². The van der Waals surface area contributed by atoms with Gasteiger partial charge in [-0.3, -0.25) is 0 Å². The Bertz CT molecular complexity index is 865. The molecule has 0 atom stereocenters. The van der Waals surface area contributed by atoms with E-state index in [-0.39, 0.29) is 91.9 Å². The number of aliphatic carboxylic acids is 4. The van der Waals surface area contributed by atoms with E-state index in [9.17, 15) is 39.6 Å². The van der Waals surface area contributed by atoms with Crippen molar-refractivity contribution in [2.75, 3.05) is 0 Å². The maximum absolute atomic E-state index is 10.1. The summed E-state index contributed by atoms with van der Waals surface area (Å²) in [5, 5.41) is 40.4. The maximum Gasteiger partial charge on any atom is 4.00 e. The molecule has 0 aliphatic rings. The van der Waals surface area contributed by atoms with Gasteiger partial charge in [0.25, 0.3) is 0 Å². The molecule has 75 heavy (non-hydrogen) atoms. The van der Waals surface area contributed by atoms with Crippen molar-refractivity contribution in [3.05, 3.63) is 0 Å². The molecule has 0 rings (SSSR count). The van der Waals surface area contributed by atoms with Gasteiger partial charge < -0.3 is 39.6 Å². The fraction of sp³-hybridized carbons (Fsp3) is 0.938. The predicted octanol–water partition coefficient (Wildman–Crippen LogP) is 16.5. The zero-order valence-corrected chi connectivity index (χ0v) is 60.1. The molecule has 0 fully saturated rings. The van der Waals surface area contributed by atoms with Gasteiger partial charge in [-0.2, -0.15) is 0 Å². The molecule has 0 N–H and O–H groups in total. The van der Waals surface area contributed by atoms with Crippen molar-refractivity contribution in [3.8, 4) is 0 Å². The van der Waals surface area contributed by atoms with Crippen LogP contribution in [-0.4, -0.2) is 90.1 Å². The Balaban J connectivity index is -0.000000149. The Morgan fingerprint density at radius 1 is 0.213 bits per heavy atom. The number of carbonyl (C=O) groups is 4. The first-order chi connectivity index (χ1) is 35.9. The third kappa shape index (κ3) is 123. The fourth-order valence-electron chi connectivity index (χ4n) is 7.78. The van der Waals surface area contributed by atoms with E-state index in [0.717, 1.165) is 51.4 Å². The minimum Gasteiger partial charge on any atom is 4.00 e. The van der Waals surface area contributed by atoms with Crippen molar-refractivity contribution in [3.63, 3.8) is 0 Å². The molecule has 440 valence electrons. The van der Waals surface area contributed by atoms with Crippen LogP contribution in [0.2, 0.25) is 17.7 Å². The SMILES string of the molecule is CCCCCCCCCCCC(=O)[O-].CCCCCCCCCCCC(=O)[O-].CCCCCCCCCCCC(=O)[O-].CCCCCCCCCCCC(=O)[O-].CCC[CH2][Sn+2][CH2]CCC.CCC[CH2][Sn+2][CH2]CCC.[Sn+4]. The summed E-state index contributed by atoms with van der Waals surface area (Å²) in [5.41, 5.74) is 0. The Labute approximate surface area is 506 Å². The number of carboxylic acid groups (broad SMARTS) is 4. The Morgan fingerprint density at radius 3 is 0.453 bits per heavy atom. The summed E-state index contributed by atoms with van der Waals surface area (Å²) in [6.45, 7) is 18.1. The van der Waals surface area contributed by atoms with Crippen molar-refractivity contribution in [2.45, 2.75) is 381 Å². The molecule has 0 saturated heterocycles. The van der Waals surface area contributed by atoms with Gasteiger partial charge >= 0.3 is 163 Å². The predicted molar refractivity (Wildman–Crippen MR) is 324 cm³/mol. The largest absolute Gasteiger partial charge is 4.00 e. The van der Waals surface area contributed by atoms with Gasteiger partial charge in [0, 0.05) is 23.9 Å². The van der Waals surface area contributed by atoms with Gasteiger partial charge in [0.1, 0.15) is 0 Å². The summed E-state index contributed by atoms with van der Waals surface area (Å²) >= 11 is 0.299. The summed E-state index contributed by atoms with van der Waals surface area (Å²) in [7, 11) is 0. The van der Waals surface area contributed by atoms with Crippen LogP contribution in [0.3, 0.4) is 0 Å². The summed E-state index contributed by atoms with van der Waals surface area (Å²) in [6.07, 6.45) is 56.3.